The van der Waals surface area contributed by atoms with E-state index in [0.717, 1.165) is 44.1 Å². The van der Waals surface area contributed by atoms with E-state index in [1.54, 1.807) is 13.8 Å². The highest BCUT2D eigenvalue weighted by Gasteiger charge is 2.21. The summed E-state index contributed by atoms with van der Waals surface area (Å²) in [5, 5.41) is 18.1. The number of nitro groups is 1. The van der Waals surface area contributed by atoms with Crippen molar-refractivity contribution in [3.05, 3.63) is 51.3 Å². The van der Waals surface area contributed by atoms with E-state index < -0.39 is 4.92 Å². The Morgan fingerprint density at radius 3 is 2.75 bits per heavy atom. The molecule has 9 nitrogen and oxygen atoms in total. The van der Waals surface area contributed by atoms with E-state index in [1.807, 2.05) is 24.3 Å². The molecule has 1 aromatic heterocycles. The number of amides is 1. The van der Waals surface area contributed by atoms with Crippen molar-refractivity contribution in [2.75, 3.05) is 31.6 Å². The van der Waals surface area contributed by atoms with Gasteiger partial charge in [-0.1, -0.05) is 12.1 Å². The van der Waals surface area contributed by atoms with Crippen molar-refractivity contribution < 1.29 is 14.5 Å². The smallest absolute Gasteiger partial charge is 0.312 e. The molecule has 0 aliphatic carbocycles. The van der Waals surface area contributed by atoms with Gasteiger partial charge in [0.05, 0.1) is 24.7 Å². The predicted molar refractivity (Wildman–Crippen MR) is 104 cm³/mol. The number of ether oxygens (including phenoxy) is 1. The second kappa shape index (κ2) is 8.94. The fraction of sp³-hybridized carbons (Fsp3) is 0.474. The highest BCUT2D eigenvalue weighted by Crippen LogP contribution is 2.22. The van der Waals surface area contributed by atoms with Gasteiger partial charge in [-0.3, -0.25) is 24.5 Å². The van der Waals surface area contributed by atoms with Crippen LogP contribution in [0.5, 0.6) is 0 Å². The normalized spacial score (nSPS) is 14.8. The minimum absolute atomic E-state index is 0.0104. The lowest BCUT2D eigenvalue weighted by molar-refractivity contribution is -0.386. The lowest BCUT2D eigenvalue weighted by Gasteiger charge is -2.26. The van der Waals surface area contributed by atoms with Crippen molar-refractivity contribution in [1.29, 1.82) is 0 Å². The van der Waals surface area contributed by atoms with Crippen molar-refractivity contribution in [2.45, 2.75) is 33.4 Å². The fourth-order valence-electron chi connectivity index (χ4n) is 3.37. The monoisotopic (exact) mass is 387 g/mol. The average Bonchev–Trinajstić information content (AvgIpc) is 2.94. The van der Waals surface area contributed by atoms with Gasteiger partial charge in [0.15, 0.2) is 0 Å². The number of carbonyl (C=O) groups is 1. The van der Waals surface area contributed by atoms with E-state index in [9.17, 15) is 14.9 Å². The zero-order chi connectivity index (χ0) is 20.1. The van der Waals surface area contributed by atoms with Gasteiger partial charge in [0.2, 0.25) is 5.91 Å². The second-order valence-electron chi connectivity index (χ2n) is 6.89. The van der Waals surface area contributed by atoms with E-state index in [-0.39, 0.29) is 18.0 Å². The van der Waals surface area contributed by atoms with Gasteiger partial charge in [-0.2, -0.15) is 5.10 Å². The van der Waals surface area contributed by atoms with Crippen molar-refractivity contribution in [1.82, 2.24) is 14.7 Å². The van der Waals surface area contributed by atoms with Crippen LogP contribution < -0.4 is 5.32 Å². The van der Waals surface area contributed by atoms with Gasteiger partial charge in [0, 0.05) is 31.7 Å². The molecule has 1 fully saturated rings. The summed E-state index contributed by atoms with van der Waals surface area (Å²) in [5.74, 6) is -0.154. The van der Waals surface area contributed by atoms with Crippen LogP contribution in [0.3, 0.4) is 0 Å². The average molecular weight is 387 g/mol. The van der Waals surface area contributed by atoms with Gasteiger partial charge in [0.1, 0.15) is 11.4 Å². The first kappa shape index (κ1) is 20.0. The molecule has 1 aliphatic heterocycles. The molecule has 1 amide bonds. The number of anilines is 1. The first-order valence-electron chi connectivity index (χ1n) is 9.31. The van der Waals surface area contributed by atoms with Gasteiger partial charge in [-0.15, -0.1) is 0 Å². The molecule has 0 saturated carbocycles. The fourth-order valence-corrected chi connectivity index (χ4v) is 3.37. The molecule has 0 atom stereocenters. The van der Waals surface area contributed by atoms with Crippen LogP contribution in [0.25, 0.3) is 0 Å². The maximum atomic E-state index is 12.3. The summed E-state index contributed by atoms with van der Waals surface area (Å²) in [5.41, 5.74) is 2.71. The number of benzene rings is 1. The minimum atomic E-state index is -0.436. The molecule has 1 aromatic carbocycles. The SMILES string of the molecule is Cc1nn(CCC(=O)Nc2cccc(CN3CCOCC3)c2)c(C)c1[N+](=O)[O-]. The predicted octanol–water partition coefficient (Wildman–Crippen LogP) is 2.27. The van der Waals surface area contributed by atoms with Crippen LogP contribution >= 0.6 is 0 Å². The van der Waals surface area contributed by atoms with Crippen molar-refractivity contribution in [3.8, 4) is 0 Å². The highest BCUT2D eigenvalue weighted by molar-refractivity contribution is 5.90. The zero-order valence-corrected chi connectivity index (χ0v) is 16.2. The third-order valence-corrected chi connectivity index (χ3v) is 4.80. The van der Waals surface area contributed by atoms with Crippen LogP contribution in [0, 0.1) is 24.0 Å². The minimum Gasteiger partial charge on any atom is -0.379 e. The first-order chi connectivity index (χ1) is 13.4. The molecule has 1 N–H and O–H groups in total. The quantitative estimate of drug-likeness (QED) is 0.577. The molecule has 1 saturated heterocycles. The lowest BCUT2D eigenvalue weighted by atomic mass is 10.1. The van der Waals surface area contributed by atoms with Gasteiger partial charge in [-0.25, -0.2) is 0 Å². The molecule has 0 spiro atoms. The first-order valence-corrected chi connectivity index (χ1v) is 9.31. The molecule has 2 heterocycles. The number of carbonyl (C=O) groups excluding carboxylic acids is 1. The van der Waals surface area contributed by atoms with Gasteiger partial charge in [-0.05, 0) is 31.5 Å². The van der Waals surface area contributed by atoms with Crippen LogP contribution in [0.4, 0.5) is 11.4 Å². The number of nitrogens with zero attached hydrogens (tertiary/aromatic N) is 4. The van der Waals surface area contributed by atoms with Crippen LogP contribution in [-0.2, 0) is 22.6 Å². The molecule has 0 radical (unpaired) electrons. The van der Waals surface area contributed by atoms with Crippen LogP contribution in [-0.4, -0.2) is 51.8 Å². The Bertz CT molecular complexity index is 858. The van der Waals surface area contributed by atoms with Gasteiger partial charge < -0.3 is 10.1 Å². The van der Waals surface area contributed by atoms with Crippen LogP contribution in [0.15, 0.2) is 24.3 Å². The summed E-state index contributed by atoms with van der Waals surface area (Å²) in [6.45, 7) is 7.67. The van der Waals surface area contributed by atoms with Crippen LogP contribution in [0.2, 0.25) is 0 Å². The summed E-state index contributed by atoms with van der Waals surface area (Å²) in [6.07, 6.45) is 0.187. The van der Waals surface area contributed by atoms with Gasteiger partial charge in [0.25, 0.3) is 0 Å². The Kier molecular flexibility index (Phi) is 6.37. The Hall–Kier alpha value is -2.78. The Morgan fingerprint density at radius 1 is 1.32 bits per heavy atom. The topological polar surface area (TPSA) is 103 Å². The molecule has 28 heavy (non-hydrogen) atoms. The van der Waals surface area contributed by atoms with E-state index >= 15 is 0 Å². The largest absolute Gasteiger partial charge is 0.379 e. The number of aryl methyl sites for hydroxylation is 2. The van der Waals surface area contributed by atoms with Crippen LogP contribution in [0.1, 0.15) is 23.4 Å². The molecule has 3 rings (SSSR count). The molecule has 1 aliphatic rings. The lowest BCUT2D eigenvalue weighted by Crippen LogP contribution is -2.35. The van der Waals surface area contributed by atoms with Crippen molar-refractivity contribution >= 4 is 17.3 Å². The number of morpholine rings is 1. The standard InChI is InChI=1S/C19H25N5O4/c1-14-19(24(26)27)15(2)23(21-14)7-6-18(25)20-17-5-3-4-16(12-17)13-22-8-10-28-11-9-22/h3-5,12H,6-11,13H2,1-2H3,(H,20,25). The number of hydrogen-bond donors (Lipinski definition) is 1. The maximum Gasteiger partial charge on any atom is 0.312 e. The summed E-state index contributed by atoms with van der Waals surface area (Å²) in [6, 6.07) is 7.80. The van der Waals surface area contributed by atoms with Crippen molar-refractivity contribution in [2.24, 2.45) is 0 Å². The van der Waals surface area contributed by atoms with E-state index in [2.05, 4.69) is 15.3 Å². The third kappa shape index (κ3) is 4.93. The zero-order valence-electron chi connectivity index (χ0n) is 16.2. The summed E-state index contributed by atoms with van der Waals surface area (Å²) in [4.78, 5) is 25.3. The van der Waals surface area contributed by atoms with Crippen molar-refractivity contribution in [3.63, 3.8) is 0 Å². The number of hydrogen-bond acceptors (Lipinski definition) is 6. The molecule has 150 valence electrons. The molecule has 2 aromatic rings. The Morgan fingerprint density at radius 2 is 2.07 bits per heavy atom. The molecule has 0 unspecified atom stereocenters. The Balaban J connectivity index is 1.56. The number of aromatic nitrogens is 2. The third-order valence-electron chi connectivity index (χ3n) is 4.80. The summed E-state index contributed by atoms with van der Waals surface area (Å²) >= 11 is 0. The molecule has 9 heteroatoms. The Labute approximate surface area is 163 Å². The van der Waals surface area contributed by atoms with Gasteiger partial charge >= 0.3 is 5.69 Å². The second-order valence-corrected chi connectivity index (χ2v) is 6.89. The summed E-state index contributed by atoms with van der Waals surface area (Å²) in [7, 11) is 0. The van der Waals surface area contributed by atoms with E-state index in [1.165, 1.54) is 4.68 Å². The number of nitrogens with one attached hydrogen (secondary N) is 1. The van der Waals surface area contributed by atoms with E-state index in [4.69, 9.17) is 4.74 Å². The van der Waals surface area contributed by atoms with E-state index in [0.29, 0.717) is 17.9 Å². The molecule has 0 bridgehead atoms. The maximum absolute atomic E-state index is 12.3. The summed E-state index contributed by atoms with van der Waals surface area (Å²) < 4.78 is 6.88. The molecular formula is C19H25N5O4. The molecular weight excluding hydrogens is 362 g/mol. The highest BCUT2D eigenvalue weighted by atomic mass is 16.6. The number of rotatable bonds is 7.